The molecule has 0 fully saturated rings. The number of aromatic carboxylic acids is 1. The van der Waals surface area contributed by atoms with Gasteiger partial charge in [0.2, 0.25) is 0 Å². The van der Waals surface area contributed by atoms with Crippen LogP contribution in [0, 0.1) is 12.3 Å². The summed E-state index contributed by atoms with van der Waals surface area (Å²) in [5, 5.41) is 9.83. The Balaban J connectivity index is 2.98. The Morgan fingerprint density at radius 2 is 2.40 bits per heavy atom. The van der Waals surface area contributed by atoms with E-state index in [9.17, 15) is 4.79 Å². The summed E-state index contributed by atoms with van der Waals surface area (Å²) in [5.74, 6) is 1.31. The maximum atomic E-state index is 10.8. The molecule has 1 N–H and O–H groups in total. The highest BCUT2D eigenvalue weighted by molar-refractivity contribution is 6.52. The van der Waals surface area contributed by atoms with Crippen LogP contribution >= 0.6 is 0 Å². The number of nitrogens with zero attached hydrogens (tertiary/aromatic N) is 1. The molecule has 0 saturated heterocycles. The molecule has 4 heteroatoms. The zero-order valence-electron chi connectivity index (χ0n) is 8.66. The van der Waals surface area contributed by atoms with Crippen molar-refractivity contribution in [3.63, 3.8) is 0 Å². The van der Waals surface area contributed by atoms with Crippen LogP contribution in [0.1, 0.15) is 29.4 Å². The number of hydrogen-bond donors (Lipinski definition) is 1. The minimum Gasteiger partial charge on any atom is -0.478 e. The van der Waals surface area contributed by atoms with Gasteiger partial charge in [0.15, 0.2) is 0 Å². The van der Waals surface area contributed by atoms with E-state index in [1.54, 1.807) is 12.1 Å². The van der Waals surface area contributed by atoms with Crippen molar-refractivity contribution in [3.05, 3.63) is 23.4 Å². The smallest absolute Gasteiger partial charge is 0.338 e. The number of rotatable bonds is 4. The first-order valence-corrected chi connectivity index (χ1v) is 6.59. The van der Waals surface area contributed by atoms with Crippen LogP contribution in [0.25, 0.3) is 0 Å². The highest BCUT2D eigenvalue weighted by atomic mass is 28.2. The van der Waals surface area contributed by atoms with Crippen LogP contribution in [0.15, 0.2) is 12.1 Å². The lowest BCUT2D eigenvalue weighted by molar-refractivity contribution is 0.0696. The molecule has 1 aromatic rings. The number of aromatic nitrogens is 1. The number of carboxylic acid groups (broad SMARTS) is 1. The lowest BCUT2D eigenvalue weighted by Crippen LogP contribution is -2.20. The maximum absolute atomic E-state index is 10.8. The number of pyridine rings is 1. The summed E-state index contributed by atoms with van der Waals surface area (Å²) in [4.78, 5) is 15.0. The molecule has 0 unspecified atom stereocenters. The highest BCUT2D eigenvalue weighted by Crippen LogP contribution is 2.02. The van der Waals surface area contributed by atoms with E-state index in [-0.39, 0.29) is 20.8 Å². The molecule has 0 aliphatic heterocycles. The monoisotopic (exact) mass is 219 g/mol. The molecule has 0 bridgehead atoms. The molecule has 0 aliphatic carbocycles. The van der Waals surface area contributed by atoms with Crippen molar-refractivity contribution in [1.82, 2.24) is 4.98 Å². The van der Waals surface area contributed by atoms with Crippen molar-refractivity contribution in [2.45, 2.75) is 19.4 Å². The fourth-order valence-electron chi connectivity index (χ4n) is 1.28. The van der Waals surface area contributed by atoms with Gasteiger partial charge in [-0.15, -0.1) is 6.42 Å². The Hall–Kier alpha value is -1.60. The van der Waals surface area contributed by atoms with Gasteiger partial charge in [-0.1, -0.05) is 19.4 Å². The van der Waals surface area contributed by atoms with Crippen LogP contribution in [0.5, 0.6) is 0 Å². The molecule has 0 aromatic carbocycles. The van der Waals surface area contributed by atoms with E-state index in [0.717, 1.165) is 11.7 Å². The van der Waals surface area contributed by atoms with E-state index in [1.807, 2.05) is 0 Å². The van der Waals surface area contributed by atoms with Crippen molar-refractivity contribution in [2.24, 2.45) is 0 Å². The Morgan fingerprint density at radius 1 is 1.67 bits per heavy atom. The van der Waals surface area contributed by atoms with E-state index in [2.05, 4.69) is 17.8 Å². The summed E-state index contributed by atoms with van der Waals surface area (Å²) in [6.07, 6.45) is 6.36. The van der Waals surface area contributed by atoms with Crippen LogP contribution < -0.4 is 5.32 Å². The van der Waals surface area contributed by atoms with Gasteiger partial charge < -0.3 is 5.11 Å². The second-order valence-electron chi connectivity index (χ2n) is 3.25. The van der Waals surface area contributed by atoms with Gasteiger partial charge in [-0.3, -0.25) is 0 Å². The Labute approximate surface area is 91.4 Å². The van der Waals surface area contributed by atoms with Gasteiger partial charge in [0.25, 0.3) is 0 Å². The zero-order chi connectivity index (χ0) is 11.3. The third kappa shape index (κ3) is 2.93. The molecule has 1 aromatic heterocycles. The molecular formula is C11H13NO2Si. The summed E-state index contributed by atoms with van der Waals surface area (Å²) in [7, 11) is -0.382. The third-order valence-electron chi connectivity index (χ3n) is 2.11. The van der Waals surface area contributed by atoms with Crippen molar-refractivity contribution < 1.29 is 9.90 Å². The number of terminal acetylenes is 1. The molecule has 78 valence electrons. The lowest BCUT2D eigenvalue weighted by atomic mass is 10.2. The molecule has 15 heavy (non-hydrogen) atoms. The van der Waals surface area contributed by atoms with Crippen molar-refractivity contribution in [3.8, 4) is 12.3 Å². The SMILES string of the molecule is C#Cc1nc([SiH2]CCC)ccc1C(=O)O. The van der Waals surface area contributed by atoms with Gasteiger partial charge in [-0.2, -0.15) is 0 Å². The summed E-state index contributed by atoms with van der Waals surface area (Å²) in [6, 6.07) is 4.51. The van der Waals surface area contributed by atoms with Crippen LogP contribution in [0.3, 0.4) is 0 Å². The number of hydrogen-bond acceptors (Lipinski definition) is 2. The topological polar surface area (TPSA) is 50.2 Å². The Bertz CT molecular complexity index is 410. The van der Waals surface area contributed by atoms with E-state index in [1.165, 1.54) is 6.04 Å². The predicted molar refractivity (Wildman–Crippen MR) is 62.4 cm³/mol. The predicted octanol–water partition coefficient (Wildman–Crippen LogP) is 0.384. The molecule has 1 heterocycles. The summed E-state index contributed by atoms with van der Waals surface area (Å²) < 4.78 is 0. The van der Waals surface area contributed by atoms with E-state index < -0.39 is 5.97 Å². The summed E-state index contributed by atoms with van der Waals surface area (Å²) in [5.41, 5.74) is 0.371. The second-order valence-corrected chi connectivity index (χ2v) is 5.18. The quantitative estimate of drug-likeness (QED) is 0.588. The molecular weight excluding hydrogens is 206 g/mol. The summed E-state index contributed by atoms with van der Waals surface area (Å²) in [6.45, 7) is 2.13. The van der Waals surface area contributed by atoms with Crippen LogP contribution in [0.2, 0.25) is 6.04 Å². The fourth-order valence-corrected chi connectivity index (χ4v) is 2.55. The molecule has 3 nitrogen and oxygen atoms in total. The first-order valence-electron chi connectivity index (χ1n) is 4.88. The minimum atomic E-state index is -1.01. The minimum absolute atomic E-state index is 0.117. The normalized spacial score (nSPS) is 10.4. The Morgan fingerprint density at radius 3 is 2.93 bits per heavy atom. The average Bonchev–Trinajstić information content (AvgIpc) is 2.25. The van der Waals surface area contributed by atoms with Crippen molar-refractivity contribution in [2.75, 3.05) is 0 Å². The lowest BCUT2D eigenvalue weighted by Gasteiger charge is -2.02. The van der Waals surface area contributed by atoms with Gasteiger partial charge in [0, 0.05) is 5.32 Å². The zero-order valence-corrected chi connectivity index (χ0v) is 10.1. The second kappa shape index (κ2) is 5.32. The molecule has 0 amide bonds. The van der Waals surface area contributed by atoms with Crippen LogP contribution in [0.4, 0.5) is 0 Å². The average molecular weight is 219 g/mol. The third-order valence-corrected chi connectivity index (χ3v) is 4.07. The fraction of sp³-hybridized carbons (Fsp3) is 0.273. The summed E-state index contributed by atoms with van der Waals surface area (Å²) >= 11 is 0. The van der Waals surface area contributed by atoms with Crippen LogP contribution in [-0.4, -0.2) is 25.6 Å². The number of carbonyl (C=O) groups is 1. The molecule has 0 atom stereocenters. The van der Waals surface area contributed by atoms with Gasteiger partial charge >= 0.3 is 5.97 Å². The largest absolute Gasteiger partial charge is 0.478 e. The molecule has 1 rings (SSSR count). The van der Waals surface area contributed by atoms with Crippen LogP contribution in [-0.2, 0) is 0 Å². The molecule has 0 saturated carbocycles. The molecule has 0 aliphatic rings. The number of carboxylic acids is 1. The molecule has 0 spiro atoms. The van der Waals surface area contributed by atoms with E-state index in [0.29, 0.717) is 0 Å². The Kier molecular flexibility index (Phi) is 4.07. The van der Waals surface area contributed by atoms with E-state index in [4.69, 9.17) is 11.5 Å². The van der Waals surface area contributed by atoms with Gasteiger partial charge in [0.05, 0.1) is 15.1 Å². The first-order chi connectivity index (χ1) is 7.19. The standard InChI is InChI=1S/C11H13NO2Si/c1-3-7-15-10-6-5-8(11(13)14)9(4-2)12-10/h2,5-6H,3,7,15H2,1H3,(H,13,14). The van der Waals surface area contributed by atoms with Crippen molar-refractivity contribution >= 4 is 20.8 Å². The van der Waals surface area contributed by atoms with Gasteiger partial charge in [0.1, 0.15) is 5.69 Å². The first kappa shape index (κ1) is 11.5. The van der Waals surface area contributed by atoms with E-state index >= 15 is 0 Å². The van der Waals surface area contributed by atoms with Gasteiger partial charge in [-0.05, 0) is 18.1 Å². The molecule has 0 radical (unpaired) electrons. The maximum Gasteiger partial charge on any atom is 0.338 e. The van der Waals surface area contributed by atoms with Gasteiger partial charge in [-0.25, -0.2) is 9.78 Å². The van der Waals surface area contributed by atoms with Crippen molar-refractivity contribution in [1.29, 1.82) is 0 Å². The highest BCUT2D eigenvalue weighted by Gasteiger charge is 2.10.